The Labute approximate surface area is 134 Å². The van der Waals surface area contributed by atoms with Gasteiger partial charge in [-0.15, -0.1) is 0 Å². The normalized spacial score (nSPS) is 13.1. The smallest absolute Gasteiger partial charge is 0.191 e. The van der Waals surface area contributed by atoms with Crippen LogP contribution in [0.5, 0.6) is 0 Å². The van der Waals surface area contributed by atoms with Crippen molar-refractivity contribution in [1.82, 2.24) is 20.4 Å². The van der Waals surface area contributed by atoms with Gasteiger partial charge in [0.2, 0.25) is 0 Å². The van der Waals surface area contributed by atoms with Gasteiger partial charge < -0.3 is 15.7 Å². The molecular weight excluding hydrogens is 278 g/mol. The summed E-state index contributed by atoms with van der Waals surface area (Å²) in [6, 6.07) is 1.94. The highest BCUT2D eigenvalue weighted by Gasteiger charge is 2.07. The number of hydrogen-bond acceptors (Lipinski definition) is 3. The number of aliphatic hydroxyl groups excluding tert-OH is 1. The Morgan fingerprint density at radius 3 is 2.82 bits per heavy atom. The molecule has 22 heavy (non-hydrogen) atoms. The number of rotatable bonds is 11. The van der Waals surface area contributed by atoms with E-state index in [-0.39, 0.29) is 6.61 Å². The summed E-state index contributed by atoms with van der Waals surface area (Å²) in [6.45, 7) is 7.87. The van der Waals surface area contributed by atoms with Gasteiger partial charge >= 0.3 is 0 Å². The molecule has 0 aliphatic rings. The minimum absolute atomic E-state index is 0.244. The Bertz CT molecular complexity index is 385. The maximum Gasteiger partial charge on any atom is 0.191 e. The lowest BCUT2D eigenvalue weighted by molar-refractivity contribution is 0.253. The topological polar surface area (TPSA) is 74.5 Å². The molecule has 1 heterocycles. The van der Waals surface area contributed by atoms with Crippen LogP contribution in [-0.2, 0) is 6.54 Å². The van der Waals surface area contributed by atoms with Gasteiger partial charge in [-0.05, 0) is 38.2 Å². The van der Waals surface area contributed by atoms with Gasteiger partial charge in [0.05, 0.1) is 0 Å². The first kappa shape index (κ1) is 18.5. The second-order valence-corrected chi connectivity index (χ2v) is 5.44. The fourth-order valence-corrected chi connectivity index (χ4v) is 2.36. The number of hydrogen-bond donors (Lipinski definition) is 3. The molecule has 1 atom stereocenters. The minimum Gasteiger partial charge on any atom is -0.396 e. The van der Waals surface area contributed by atoms with Crippen molar-refractivity contribution < 1.29 is 5.11 Å². The maximum absolute atomic E-state index is 9.11. The van der Waals surface area contributed by atoms with E-state index in [9.17, 15) is 0 Å². The SMILES string of the molecule is CCCC(CCO)CN=C(NCC)NCCCn1cccn1. The third-order valence-electron chi connectivity index (χ3n) is 3.50. The van der Waals surface area contributed by atoms with E-state index in [2.05, 4.69) is 34.6 Å². The lowest BCUT2D eigenvalue weighted by atomic mass is 10.0. The summed E-state index contributed by atoms with van der Waals surface area (Å²) >= 11 is 0. The molecule has 0 spiro atoms. The van der Waals surface area contributed by atoms with Gasteiger partial charge in [-0.1, -0.05) is 13.3 Å². The summed E-state index contributed by atoms with van der Waals surface area (Å²) in [4.78, 5) is 4.65. The van der Waals surface area contributed by atoms with E-state index in [1.54, 1.807) is 6.20 Å². The summed E-state index contributed by atoms with van der Waals surface area (Å²) < 4.78 is 1.93. The van der Waals surface area contributed by atoms with Gasteiger partial charge in [-0.2, -0.15) is 5.10 Å². The molecule has 0 fully saturated rings. The Hall–Kier alpha value is -1.56. The first-order valence-electron chi connectivity index (χ1n) is 8.40. The molecule has 0 aromatic carbocycles. The lowest BCUT2D eigenvalue weighted by Crippen LogP contribution is -2.38. The van der Waals surface area contributed by atoms with Crippen molar-refractivity contribution >= 4 is 5.96 Å². The average Bonchev–Trinajstić information content (AvgIpc) is 3.02. The van der Waals surface area contributed by atoms with Crippen LogP contribution < -0.4 is 10.6 Å². The molecule has 1 unspecified atom stereocenters. The van der Waals surface area contributed by atoms with E-state index in [0.29, 0.717) is 5.92 Å². The standard InChI is InChI=1S/C16H31N5O/c1-3-7-15(8-13-22)14-19-16(17-4-2)18-9-5-11-21-12-6-10-20-21/h6,10,12,15,22H,3-5,7-9,11,13-14H2,1-2H3,(H2,17,18,19). The van der Waals surface area contributed by atoms with Gasteiger partial charge in [0.25, 0.3) is 0 Å². The van der Waals surface area contributed by atoms with Gasteiger partial charge in [0.1, 0.15) is 0 Å². The predicted molar refractivity (Wildman–Crippen MR) is 90.9 cm³/mol. The largest absolute Gasteiger partial charge is 0.396 e. The molecular formula is C16H31N5O. The molecule has 6 heteroatoms. The van der Waals surface area contributed by atoms with Crippen molar-refractivity contribution in [3.05, 3.63) is 18.5 Å². The summed E-state index contributed by atoms with van der Waals surface area (Å²) in [5.74, 6) is 1.33. The Morgan fingerprint density at radius 2 is 2.18 bits per heavy atom. The second-order valence-electron chi connectivity index (χ2n) is 5.44. The highest BCUT2D eigenvalue weighted by Crippen LogP contribution is 2.10. The molecule has 1 rings (SSSR count). The van der Waals surface area contributed by atoms with Crippen molar-refractivity contribution in [2.24, 2.45) is 10.9 Å². The molecule has 0 saturated heterocycles. The number of aryl methyl sites for hydroxylation is 1. The van der Waals surface area contributed by atoms with Crippen LogP contribution in [-0.4, -0.2) is 47.1 Å². The van der Waals surface area contributed by atoms with Crippen LogP contribution >= 0.6 is 0 Å². The zero-order valence-electron chi connectivity index (χ0n) is 14.0. The van der Waals surface area contributed by atoms with E-state index in [0.717, 1.165) is 57.8 Å². The summed E-state index contributed by atoms with van der Waals surface area (Å²) in [7, 11) is 0. The van der Waals surface area contributed by atoms with E-state index < -0.39 is 0 Å². The third kappa shape index (κ3) is 8.02. The number of nitrogens with one attached hydrogen (secondary N) is 2. The first-order chi connectivity index (χ1) is 10.8. The molecule has 3 N–H and O–H groups in total. The van der Waals surface area contributed by atoms with Crippen LogP contribution in [0, 0.1) is 5.92 Å². The molecule has 0 bridgehead atoms. The Kier molecular flexibility index (Phi) is 10.1. The zero-order valence-corrected chi connectivity index (χ0v) is 14.0. The highest BCUT2D eigenvalue weighted by molar-refractivity contribution is 5.79. The van der Waals surface area contributed by atoms with Crippen LogP contribution in [0.1, 0.15) is 39.5 Å². The summed E-state index contributed by atoms with van der Waals surface area (Å²) in [5, 5.41) is 19.9. The van der Waals surface area contributed by atoms with Crippen molar-refractivity contribution in [3.63, 3.8) is 0 Å². The molecule has 1 aromatic heterocycles. The number of aliphatic hydroxyl groups is 1. The van der Waals surface area contributed by atoms with Crippen LogP contribution in [0.4, 0.5) is 0 Å². The summed E-state index contributed by atoms with van der Waals surface area (Å²) in [6.07, 6.45) is 7.85. The minimum atomic E-state index is 0.244. The maximum atomic E-state index is 9.11. The van der Waals surface area contributed by atoms with E-state index in [4.69, 9.17) is 5.11 Å². The molecule has 0 amide bonds. The zero-order chi connectivity index (χ0) is 16.0. The second kappa shape index (κ2) is 12.0. The molecule has 1 aromatic rings. The van der Waals surface area contributed by atoms with E-state index in [1.165, 1.54) is 0 Å². The quantitative estimate of drug-likeness (QED) is 0.330. The summed E-state index contributed by atoms with van der Waals surface area (Å²) in [5.41, 5.74) is 0. The molecule has 126 valence electrons. The molecule has 6 nitrogen and oxygen atoms in total. The monoisotopic (exact) mass is 309 g/mol. The highest BCUT2D eigenvalue weighted by atomic mass is 16.3. The number of nitrogens with zero attached hydrogens (tertiary/aromatic N) is 3. The lowest BCUT2D eigenvalue weighted by Gasteiger charge is -2.15. The number of aromatic nitrogens is 2. The van der Waals surface area contributed by atoms with Gasteiger partial charge in [-0.25, -0.2) is 0 Å². The molecule has 0 saturated carbocycles. The average molecular weight is 309 g/mol. The third-order valence-corrected chi connectivity index (χ3v) is 3.50. The fourth-order valence-electron chi connectivity index (χ4n) is 2.36. The predicted octanol–water partition coefficient (Wildman–Crippen LogP) is 1.63. The Morgan fingerprint density at radius 1 is 1.32 bits per heavy atom. The van der Waals surface area contributed by atoms with Crippen LogP contribution in [0.2, 0.25) is 0 Å². The first-order valence-corrected chi connectivity index (χ1v) is 8.40. The van der Waals surface area contributed by atoms with Crippen molar-refractivity contribution in [2.45, 2.75) is 46.1 Å². The number of guanidine groups is 1. The van der Waals surface area contributed by atoms with Crippen LogP contribution in [0.25, 0.3) is 0 Å². The molecule has 0 radical (unpaired) electrons. The van der Waals surface area contributed by atoms with Gasteiger partial charge in [-0.3, -0.25) is 9.67 Å². The van der Waals surface area contributed by atoms with Crippen LogP contribution in [0.15, 0.2) is 23.5 Å². The molecule has 0 aliphatic carbocycles. The van der Waals surface area contributed by atoms with E-state index in [1.807, 2.05) is 16.9 Å². The van der Waals surface area contributed by atoms with Crippen molar-refractivity contribution in [1.29, 1.82) is 0 Å². The van der Waals surface area contributed by atoms with E-state index >= 15 is 0 Å². The Balaban J connectivity index is 2.33. The number of aliphatic imine (C=N–C) groups is 1. The van der Waals surface area contributed by atoms with Crippen molar-refractivity contribution in [2.75, 3.05) is 26.2 Å². The van der Waals surface area contributed by atoms with Gasteiger partial charge in [0.15, 0.2) is 5.96 Å². The van der Waals surface area contributed by atoms with Crippen molar-refractivity contribution in [3.8, 4) is 0 Å². The molecule has 0 aliphatic heterocycles. The van der Waals surface area contributed by atoms with Gasteiger partial charge in [0, 0.05) is 45.2 Å². The fraction of sp³-hybridized carbons (Fsp3) is 0.750. The van der Waals surface area contributed by atoms with Crippen LogP contribution in [0.3, 0.4) is 0 Å².